The fourth-order valence-electron chi connectivity index (χ4n) is 4.75. The second-order valence-electron chi connectivity index (χ2n) is 12.7. The Morgan fingerprint density at radius 2 is 1.08 bits per heavy atom. The van der Waals surface area contributed by atoms with Crippen LogP contribution < -0.4 is 5.32 Å². The number of carbonyl (C=O) groups excluding carboxylic acids is 2. The Kier molecular flexibility index (Phi) is 33.8. The van der Waals surface area contributed by atoms with E-state index < -0.39 is 57.6 Å². The van der Waals surface area contributed by atoms with Crippen molar-refractivity contribution in [2.24, 2.45) is 0 Å². The van der Waals surface area contributed by atoms with Gasteiger partial charge < -0.3 is 25.2 Å². The van der Waals surface area contributed by atoms with Crippen LogP contribution in [0.1, 0.15) is 136 Å². The maximum atomic E-state index is 12.2. The van der Waals surface area contributed by atoms with E-state index >= 15 is 0 Å². The third kappa shape index (κ3) is 35.7. The van der Waals surface area contributed by atoms with E-state index in [1.165, 1.54) is 38.5 Å². The molecule has 4 N–H and O–H groups in total. The fourth-order valence-corrected chi connectivity index (χ4v) is 5.52. The fraction of sp³-hybridized carbons (Fsp3) is 0.634. The topological polar surface area (TPSA) is 169 Å². The van der Waals surface area contributed by atoms with Crippen LogP contribution in [0, 0.1) is 0 Å². The van der Waals surface area contributed by atoms with Crippen LogP contribution in [0.4, 0.5) is 0 Å². The zero-order chi connectivity index (χ0) is 39.3. The minimum Gasteiger partial charge on any atom is -0.480 e. The third-order valence-corrected chi connectivity index (χ3v) is 8.72. The van der Waals surface area contributed by atoms with Crippen LogP contribution in [0.25, 0.3) is 0 Å². The van der Waals surface area contributed by atoms with Gasteiger partial charge in [-0.05, 0) is 51.4 Å². The summed E-state index contributed by atoms with van der Waals surface area (Å²) in [6.45, 7) is 2.35. The van der Waals surface area contributed by atoms with Gasteiger partial charge in [-0.1, -0.05) is 145 Å². The summed E-state index contributed by atoms with van der Waals surface area (Å²) in [7, 11) is -4.77. The molecular formula is C41H68NO10P. The van der Waals surface area contributed by atoms with Gasteiger partial charge in [-0.2, -0.15) is 0 Å². The van der Waals surface area contributed by atoms with Crippen LogP contribution >= 0.6 is 7.82 Å². The molecule has 11 nitrogen and oxygen atoms in total. The van der Waals surface area contributed by atoms with Gasteiger partial charge in [0.05, 0.1) is 13.2 Å². The Labute approximate surface area is 319 Å². The molecule has 3 atom stereocenters. The number of esters is 1. The van der Waals surface area contributed by atoms with Crippen molar-refractivity contribution in [1.29, 1.82) is 0 Å². The van der Waals surface area contributed by atoms with E-state index in [1.807, 2.05) is 18.2 Å². The van der Waals surface area contributed by atoms with Crippen molar-refractivity contribution < 1.29 is 47.8 Å². The van der Waals surface area contributed by atoms with Gasteiger partial charge in [0.15, 0.2) is 6.04 Å². The number of aliphatic hydroxyl groups excluding tert-OH is 1. The van der Waals surface area contributed by atoms with Gasteiger partial charge in [0, 0.05) is 12.8 Å². The third-order valence-electron chi connectivity index (χ3n) is 7.77. The normalized spacial score (nSPS) is 14.6. The summed E-state index contributed by atoms with van der Waals surface area (Å²) in [4.78, 5) is 45.6. The number of hydrogen-bond donors (Lipinski definition) is 4. The van der Waals surface area contributed by atoms with Gasteiger partial charge in [-0.25, -0.2) is 9.36 Å². The van der Waals surface area contributed by atoms with Crippen molar-refractivity contribution >= 4 is 25.7 Å². The monoisotopic (exact) mass is 765 g/mol. The molecule has 0 aliphatic carbocycles. The number of unbranched alkanes of at least 4 members (excludes halogenated alkanes) is 9. The Hall–Kier alpha value is -3.08. The van der Waals surface area contributed by atoms with Crippen molar-refractivity contribution in [3.05, 3.63) is 72.9 Å². The van der Waals surface area contributed by atoms with Crippen LogP contribution in [-0.2, 0) is 32.7 Å². The first-order valence-corrected chi connectivity index (χ1v) is 21.0. The Morgan fingerprint density at radius 1 is 0.623 bits per heavy atom. The molecule has 0 aromatic carbocycles. The molecule has 0 spiro atoms. The average molecular weight is 766 g/mol. The summed E-state index contributed by atoms with van der Waals surface area (Å²) in [5.41, 5.74) is 0. The lowest BCUT2D eigenvalue weighted by molar-refractivity contribution is -0.147. The second-order valence-corrected chi connectivity index (χ2v) is 14.2. The second kappa shape index (κ2) is 35.9. The zero-order valence-corrected chi connectivity index (χ0v) is 33.2. The highest BCUT2D eigenvalue weighted by atomic mass is 31.2. The average Bonchev–Trinajstić information content (AvgIpc) is 3.13. The standard InChI is InChI=1S/C41H68NO10P/c1-3-5-7-9-11-13-15-16-17-18-19-20-21-22-23-25-27-29-31-33-40(45)50-34-37(43)35-51-53(48,49)52-36-38(41(46)47)42-39(44)32-30-28-26-24-14-12-10-8-6-4-2/h5,7,11,13,16-17,19-20,22-23,27,29,37-38,43H,3-4,6,8-10,12,14-15,18,21,24-26,28,30-36H2,1-2H3,(H,42,44)(H,46,47)(H,48,49)/b7-5-,13-11-,17-16-,20-19-,23-22-,29-27-. The van der Waals surface area contributed by atoms with Crippen LogP contribution in [0.15, 0.2) is 72.9 Å². The minimum atomic E-state index is -4.77. The van der Waals surface area contributed by atoms with Gasteiger partial charge in [0.2, 0.25) is 5.91 Å². The van der Waals surface area contributed by atoms with Crippen LogP contribution in [0.3, 0.4) is 0 Å². The number of ether oxygens (including phenoxy) is 1. The molecule has 0 saturated heterocycles. The summed E-state index contributed by atoms with van der Waals surface area (Å²) in [6.07, 6.45) is 41.0. The highest BCUT2D eigenvalue weighted by Gasteiger charge is 2.28. The number of rotatable bonds is 35. The van der Waals surface area contributed by atoms with Gasteiger partial charge in [-0.15, -0.1) is 0 Å². The Bertz CT molecular complexity index is 1180. The SMILES string of the molecule is CC/C=C\C/C=C\C/C=C\C/C=C\C/C=C\C/C=C\CCC(=O)OCC(O)COP(=O)(O)OCC(NC(=O)CCCCCCCCCCCC)C(=O)O. The number of phosphoric ester groups is 1. The predicted octanol–water partition coefficient (Wildman–Crippen LogP) is 9.38. The summed E-state index contributed by atoms with van der Waals surface area (Å²) in [6, 6.07) is -1.55. The number of carbonyl (C=O) groups is 3. The van der Waals surface area contributed by atoms with Crippen molar-refractivity contribution in [2.75, 3.05) is 19.8 Å². The van der Waals surface area contributed by atoms with Gasteiger partial charge in [-0.3, -0.25) is 18.6 Å². The summed E-state index contributed by atoms with van der Waals surface area (Å²) in [5, 5.41) is 21.7. The minimum absolute atomic E-state index is 0.0961. The molecule has 12 heteroatoms. The highest BCUT2D eigenvalue weighted by Crippen LogP contribution is 2.43. The number of hydrogen-bond acceptors (Lipinski definition) is 8. The van der Waals surface area contributed by atoms with Gasteiger partial charge in [0.25, 0.3) is 0 Å². The Morgan fingerprint density at radius 3 is 1.57 bits per heavy atom. The van der Waals surface area contributed by atoms with E-state index in [9.17, 15) is 34.1 Å². The van der Waals surface area contributed by atoms with E-state index in [4.69, 9.17) is 13.8 Å². The molecule has 0 saturated carbocycles. The highest BCUT2D eigenvalue weighted by molar-refractivity contribution is 7.47. The molecule has 0 fully saturated rings. The van der Waals surface area contributed by atoms with Crippen molar-refractivity contribution in [2.45, 2.75) is 148 Å². The van der Waals surface area contributed by atoms with E-state index in [1.54, 1.807) is 0 Å². The van der Waals surface area contributed by atoms with Gasteiger partial charge >= 0.3 is 19.8 Å². The molecule has 0 aliphatic heterocycles. The largest absolute Gasteiger partial charge is 0.480 e. The number of carboxylic acids is 1. The quantitative estimate of drug-likeness (QED) is 0.0211. The molecule has 53 heavy (non-hydrogen) atoms. The van der Waals surface area contributed by atoms with Crippen LogP contribution in [0.2, 0.25) is 0 Å². The molecule has 0 radical (unpaired) electrons. The Balaban J connectivity index is 4.06. The molecule has 0 aromatic heterocycles. The van der Waals surface area contributed by atoms with Crippen LogP contribution in [-0.4, -0.2) is 64.9 Å². The molecule has 1 amide bonds. The number of aliphatic carboxylic acids is 1. The summed E-state index contributed by atoms with van der Waals surface area (Å²) < 4.78 is 26.6. The number of carboxylic acid groups (broad SMARTS) is 1. The van der Waals surface area contributed by atoms with E-state index in [2.05, 4.69) is 73.8 Å². The van der Waals surface area contributed by atoms with Crippen molar-refractivity contribution in [3.8, 4) is 0 Å². The maximum Gasteiger partial charge on any atom is 0.472 e. The first-order valence-electron chi connectivity index (χ1n) is 19.5. The van der Waals surface area contributed by atoms with E-state index in [0.29, 0.717) is 12.8 Å². The number of amides is 1. The lowest BCUT2D eigenvalue weighted by Crippen LogP contribution is -2.43. The smallest absolute Gasteiger partial charge is 0.472 e. The first-order chi connectivity index (χ1) is 25.6. The number of allylic oxidation sites excluding steroid dienone is 12. The zero-order valence-electron chi connectivity index (χ0n) is 32.3. The molecule has 0 heterocycles. The number of aliphatic hydroxyl groups is 1. The van der Waals surface area contributed by atoms with Crippen molar-refractivity contribution in [3.63, 3.8) is 0 Å². The lowest BCUT2D eigenvalue weighted by atomic mass is 10.1. The molecule has 0 aliphatic rings. The molecule has 3 unspecified atom stereocenters. The van der Waals surface area contributed by atoms with Crippen molar-refractivity contribution in [1.82, 2.24) is 5.32 Å². The van der Waals surface area contributed by atoms with Gasteiger partial charge in [0.1, 0.15) is 12.7 Å². The molecular weight excluding hydrogens is 697 g/mol. The molecule has 0 bridgehead atoms. The molecule has 0 rings (SSSR count). The lowest BCUT2D eigenvalue weighted by Gasteiger charge is -2.18. The summed E-state index contributed by atoms with van der Waals surface area (Å²) in [5.74, 6) is -2.48. The molecule has 302 valence electrons. The van der Waals surface area contributed by atoms with Crippen LogP contribution in [0.5, 0.6) is 0 Å². The number of phosphoric acid groups is 1. The van der Waals surface area contributed by atoms with E-state index in [-0.39, 0.29) is 12.8 Å². The molecule has 0 aromatic rings. The number of nitrogens with one attached hydrogen (secondary N) is 1. The van der Waals surface area contributed by atoms with E-state index in [0.717, 1.165) is 57.8 Å². The summed E-state index contributed by atoms with van der Waals surface area (Å²) >= 11 is 0. The first kappa shape index (κ1) is 49.9. The maximum absolute atomic E-state index is 12.2. The predicted molar refractivity (Wildman–Crippen MR) is 212 cm³/mol.